The number of hydrogen-bond acceptors (Lipinski definition) is 4. The molecule has 7 heteroatoms. The van der Waals surface area contributed by atoms with Gasteiger partial charge in [-0.2, -0.15) is 0 Å². The number of phenols is 1. The third-order valence-electron chi connectivity index (χ3n) is 16.7. The van der Waals surface area contributed by atoms with Crippen LogP contribution in [0.4, 0.5) is 0 Å². The first kappa shape index (κ1) is 58.5. The predicted octanol–water partition coefficient (Wildman–Crippen LogP) is 18.2. The van der Waals surface area contributed by atoms with Crippen molar-refractivity contribution in [3.05, 3.63) is 270 Å². The number of benzene rings is 8. The number of hydrogen-bond donors (Lipinski definition) is 1. The molecule has 0 unspecified atom stereocenters. The average molecular weight is 1290 g/mol. The van der Waals surface area contributed by atoms with Crippen LogP contribution in [0.2, 0.25) is 0 Å². The van der Waals surface area contributed by atoms with Crippen LogP contribution >= 0.6 is 0 Å². The molecule has 0 saturated heterocycles. The molecule has 1 N–H and O–H groups in total. The monoisotopic (exact) mass is 1290 g/mol. The molecule has 0 aliphatic carbocycles. The fraction of sp³-hybridized carbons (Fsp3) is 0.205. The molecule has 0 amide bonds. The van der Waals surface area contributed by atoms with E-state index in [2.05, 4.69) is 317 Å². The van der Waals surface area contributed by atoms with Crippen LogP contribution in [-0.2, 0) is 42.7 Å². The molecule has 426 valence electrons. The number of allylic oxidation sites excluding steroid dienone is 3. The molecule has 12 rings (SSSR count). The summed E-state index contributed by atoms with van der Waals surface area (Å²) in [4.78, 5) is 13.8. The van der Waals surface area contributed by atoms with Crippen molar-refractivity contribution >= 4 is 23.5 Å². The van der Waals surface area contributed by atoms with Crippen LogP contribution in [0, 0.1) is 6.07 Å². The van der Waals surface area contributed by atoms with E-state index in [-0.39, 0.29) is 43.1 Å². The minimum Gasteiger partial charge on any atom is -0.507 e. The summed E-state index contributed by atoms with van der Waals surface area (Å²) in [6, 6.07) is 74.1. The molecule has 0 spiro atoms. The van der Waals surface area contributed by atoms with Crippen molar-refractivity contribution in [3.8, 4) is 78.6 Å². The van der Waals surface area contributed by atoms with Gasteiger partial charge in [0.15, 0.2) is 0 Å². The summed E-state index contributed by atoms with van der Waals surface area (Å²) in [6.07, 6.45) is 10.7. The number of rotatable bonds is 9. The maximum absolute atomic E-state index is 13.4. The van der Waals surface area contributed by atoms with Gasteiger partial charge in [0.25, 0.3) is 0 Å². The molecular weight excluding hydrogens is 1210 g/mol. The number of nitrogens with zero attached hydrogens (tertiary/aromatic N) is 4. The third-order valence-corrected chi connectivity index (χ3v) is 16.7. The van der Waals surface area contributed by atoms with Gasteiger partial charge in [0.05, 0.1) is 16.9 Å². The van der Waals surface area contributed by atoms with Crippen molar-refractivity contribution in [2.45, 2.75) is 105 Å². The van der Waals surface area contributed by atoms with Gasteiger partial charge in [-0.3, -0.25) is 4.98 Å². The molecule has 4 heterocycles. The van der Waals surface area contributed by atoms with Crippen LogP contribution in [0.1, 0.15) is 117 Å². The minimum absolute atomic E-state index is 0. The zero-order chi connectivity index (χ0) is 58.9. The van der Waals surface area contributed by atoms with Gasteiger partial charge in [0, 0.05) is 55.4 Å². The Hall–Kier alpha value is -8.31. The smallest absolute Gasteiger partial charge is 0.348 e. The van der Waals surface area contributed by atoms with Gasteiger partial charge >= 0.3 is 6.85 Å². The Morgan fingerprint density at radius 2 is 1.00 bits per heavy atom. The van der Waals surface area contributed by atoms with Crippen molar-refractivity contribution in [1.29, 1.82) is 0 Å². The molecule has 85 heavy (non-hydrogen) atoms. The van der Waals surface area contributed by atoms with E-state index in [4.69, 9.17) is 9.97 Å². The summed E-state index contributed by atoms with van der Waals surface area (Å²) in [5.41, 5.74) is 21.0. The summed E-state index contributed by atoms with van der Waals surface area (Å²) in [5.74, 6) is 0.867. The maximum atomic E-state index is 13.4. The van der Waals surface area contributed by atoms with Crippen LogP contribution < -0.4 is 11.1 Å². The van der Waals surface area contributed by atoms with E-state index in [9.17, 15) is 5.11 Å². The van der Waals surface area contributed by atoms with Crippen molar-refractivity contribution in [2.24, 2.45) is 0 Å². The fourth-order valence-electron chi connectivity index (χ4n) is 12.1. The molecule has 0 saturated carbocycles. The molecule has 2 aliphatic heterocycles. The summed E-state index contributed by atoms with van der Waals surface area (Å²) < 4.78 is 2.43. The molecule has 0 radical (unpaired) electrons. The van der Waals surface area contributed by atoms with Crippen molar-refractivity contribution in [1.82, 2.24) is 19.3 Å². The Morgan fingerprint density at radius 3 is 1.56 bits per heavy atom. The second-order valence-corrected chi connectivity index (χ2v) is 26.8. The minimum atomic E-state index is -0.497. The van der Waals surface area contributed by atoms with E-state index in [1.165, 1.54) is 5.56 Å². The van der Waals surface area contributed by atoms with Crippen LogP contribution in [0.15, 0.2) is 230 Å². The van der Waals surface area contributed by atoms with E-state index in [1.54, 1.807) is 0 Å². The first-order chi connectivity index (χ1) is 40.1. The van der Waals surface area contributed by atoms with Gasteiger partial charge in [-0.15, -0.1) is 29.3 Å². The summed E-state index contributed by atoms with van der Waals surface area (Å²) in [6.45, 7) is 26.5. The van der Waals surface area contributed by atoms with Crippen LogP contribution in [-0.4, -0.2) is 31.3 Å². The molecule has 8 aromatic carbocycles. The second kappa shape index (κ2) is 22.6. The van der Waals surface area contributed by atoms with Gasteiger partial charge < -0.3 is 14.5 Å². The number of fused-ring (bicyclic) bond motifs is 2. The molecule has 2 aromatic heterocycles. The van der Waals surface area contributed by atoms with Crippen LogP contribution in [0.5, 0.6) is 5.75 Å². The van der Waals surface area contributed by atoms with Crippen molar-refractivity contribution in [2.75, 3.05) is 0 Å². The summed E-state index contributed by atoms with van der Waals surface area (Å²) >= 11 is 0. The number of imidazole rings is 1. The molecular formula is C78H74BN4OPt-. The summed E-state index contributed by atoms with van der Waals surface area (Å²) in [7, 11) is 0. The van der Waals surface area contributed by atoms with E-state index < -0.39 is 12.3 Å². The second-order valence-electron chi connectivity index (χ2n) is 26.8. The van der Waals surface area contributed by atoms with Crippen LogP contribution in [0.25, 0.3) is 78.4 Å². The van der Waals surface area contributed by atoms with Gasteiger partial charge in [-0.1, -0.05) is 252 Å². The number of aromatic hydroxyl groups is 1. The average Bonchev–Trinajstić information content (AvgIpc) is 1.66. The SMILES string of the molecule is CC(C)(C)c1cc(C2=C3C=CC=CN3B(c3c(-c4ccccc4)cccc3-c3ccccc3)c3c2nc(-c2cc(C(C)(C)C)cc(C(C)(C)C)c2O)n3-c2ccc(C(C)(C)C)cc2-c2ccccc2)[c-]c(-c2cc(-c3ccccc3)ccn2)c1.[Pt]. The first-order valence-electron chi connectivity index (χ1n) is 29.6. The zero-order valence-corrected chi connectivity index (χ0v) is 53.3. The van der Waals surface area contributed by atoms with E-state index >= 15 is 0 Å². The first-order valence-corrected chi connectivity index (χ1v) is 29.6. The van der Waals surface area contributed by atoms with Gasteiger partial charge in [0.2, 0.25) is 0 Å². The van der Waals surface area contributed by atoms with Crippen molar-refractivity contribution in [3.63, 3.8) is 0 Å². The molecule has 0 fully saturated rings. The normalized spacial score (nSPS) is 13.4. The number of phenolic OH excluding ortho intramolecular Hbond substituents is 1. The standard InChI is InChI=1S/C78H74BN4O.Pt/c1-75(2,3)58-39-40-67(63(48-58)54-34-23-16-24-35-54)83-73-71(81-74(83)64-49-60(77(7,8)9)50-65(72(64)84)78(10,11)12)69(57-44-56(45-59(46-57)76(4,5)6)66-47-55(41-42-80-66)51-28-17-13-18-29-51)68-38-25-26-43-82(68)79(73)70-61(52-30-19-14-20-31-52)36-27-37-62(70)53-32-21-15-22-33-53;/h13-43,45-50,84H,1-12H3;/q-1;. The molecule has 10 aromatic rings. The number of aromatic nitrogens is 3. The van der Waals surface area contributed by atoms with Gasteiger partial charge in [-0.25, -0.2) is 4.98 Å². The fourth-order valence-corrected chi connectivity index (χ4v) is 12.1. The maximum Gasteiger partial charge on any atom is 0.348 e. The summed E-state index contributed by atoms with van der Waals surface area (Å²) in [5, 5.41) is 13.4. The van der Waals surface area contributed by atoms with E-state index in [0.717, 1.165) is 112 Å². The van der Waals surface area contributed by atoms with Crippen molar-refractivity contribution < 1.29 is 26.2 Å². The Kier molecular flexibility index (Phi) is 15.5. The third kappa shape index (κ3) is 11.2. The largest absolute Gasteiger partial charge is 0.507 e. The Bertz CT molecular complexity index is 4170. The van der Waals surface area contributed by atoms with Gasteiger partial charge in [-0.05, 0) is 125 Å². The zero-order valence-electron chi connectivity index (χ0n) is 51.0. The van der Waals surface area contributed by atoms with Gasteiger partial charge in [0.1, 0.15) is 11.6 Å². The molecule has 0 bridgehead atoms. The Balaban J connectivity index is 0.00000752. The number of pyridine rings is 1. The molecule has 0 atom stereocenters. The predicted molar refractivity (Wildman–Crippen MR) is 353 cm³/mol. The quantitative estimate of drug-likeness (QED) is 0.116. The van der Waals surface area contributed by atoms with E-state index in [0.29, 0.717) is 11.4 Å². The topological polar surface area (TPSA) is 54.2 Å². The molecule has 5 nitrogen and oxygen atoms in total. The Morgan fingerprint density at radius 1 is 0.471 bits per heavy atom. The Labute approximate surface area is 519 Å². The van der Waals surface area contributed by atoms with E-state index in [1.807, 2.05) is 6.20 Å². The molecule has 2 aliphatic rings. The van der Waals surface area contributed by atoms with Crippen LogP contribution in [0.3, 0.4) is 0 Å².